The van der Waals surface area contributed by atoms with E-state index in [4.69, 9.17) is 0 Å². The van der Waals surface area contributed by atoms with Crippen molar-refractivity contribution in [3.63, 3.8) is 0 Å². The highest BCUT2D eigenvalue weighted by Crippen LogP contribution is 2.65. The standard InChI is InChI=1S/C13H22O/c1-9(14)7-11-12(2,3)10-5-6-13(11,4)8-10/h7,9-10,14H,5-6,8H2,1-4H3/b11-7-. The summed E-state index contributed by atoms with van der Waals surface area (Å²) in [4.78, 5) is 0. The molecule has 2 aliphatic rings. The predicted octanol–water partition coefficient (Wildman–Crippen LogP) is 3.14. The second-order valence-corrected chi connectivity index (χ2v) is 6.04. The van der Waals surface area contributed by atoms with E-state index in [1.807, 2.05) is 6.92 Å². The molecule has 14 heavy (non-hydrogen) atoms. The Bertz CT molecular complexity index is 268. The first-order valence-corrected chi connectivity index (χ1v) is 5.77. The molecule has 0 aromatic heterocycles. The summed E-state index contributed by atoms with van der Waals surface area (Å²) in [5.41, 5.74) is 2.23. The first-order valence-electron chi connectivity index (χ1n) is 5.77. The number of fused-ring (bicyclic) bond motifs is 2. The zero-order chi connectivity index (χ0) is 10.6. The van der Waals surface area contributed by atoms with Crippen LogP contribution in [-0.4, -0.2) is 11.2 Å². The van der Waals surface area contributed by atoms with Crippen molar-refractivity contribution < 1.29 is 5.11 Å². The van der Waals surface area contributed by atoms with E-state index in [2.05, 4.69) is 26.8 Å². The number of hydrogen-bond donors (Lipinski definition) is 1. The molecule has 0 amide bonds. The summed E-state index contributed by atoms with van der Waals surface area (Å²) >= 11 is 0. The zero-order valence-corrected chi connectivity index (χ0v) is 9.80. The van der Waals surface area contributed by atoms with Crippen molar-refractivity contribution >= 4 is 0 Å². The number of allylic oxidation sites excluding steroid dienone is 1. The van der Waals surface area contributed by atoms with Crippen LogP contribution in [0, 0.1) is 16.7 Å². The Hall–Kier alpha value is -0.300. The van der Waals surface area contributed by atoms with Crippen LogP contribution in [-0.2, 0) is 0 Å². The molecule has 3 unspecified atom stereocenters. The molecule has 0 aromatic rings. The Labute approximate surface area is 87.2 Å². The van der Waals surface area contributed by atoms with Crippen LogP contribution in [0.2, 0.25) is 0 Å². The summed E-state index contributed by atoms with van der Waals surface area (Å²) in [5.74, 6) is 0.845. The van der Waals surface area contributed by atoms with Gasteiger partial charge in [-0.25, -0.2) is 0 Å². The Morgan fingerprint density at radius 1 is 1.43 bits per heavy atom. The average Bonchev–Trinajstić information content (AvgIpc) is 2.49. The largest absolute Gasteiger partial charge is 0.389 e. The molecule has 0 radical (unpaired) electrons. The first-order chi connectivity index (χ1) is 6.36. The van der Waals surface area contributed by atoms with E-state index in [0.717, 1.165) is 5.92 Å². The lowest BCUT2D eigenvalue weighted by Crippen LogP contribution is -2.27. The third kappa shape index (κ3) is 1.25. The first kappa shape index (κ1) is 10.2. The van der Waals surface area contributed by atoms with Gasteiger partial charge in [0.25, 0.3) is 0 Å². The molecule has 0 heterocycles. The van der Waals surface area contributed by atoms with Gasteiger partial charge < -0.3 is 5.11 Å². The molecule has 2 bridgehead atoms. The van der Waals surface area contributed by atoms with Gasteiger partial charge in [-0.3, -0.25) is 0 Å². The van der Waals surface area contributed by atoms with Gasteiger partial charge in [0.1, 0.15) is 0 Å². The fraction of sp³-hybridized carbons (Fsp3) is 0.846. The quantitative estimate of drug-likeness (QED) is 0.636. The Morgan fingerprint density at radius 3 is 2.50 bits per heavy atom. The molecule has 2 rings (SSSR count). The number of rotatable bonds is 1. The predicted molar refractivity (Wildman–Crippen MR) is 59.0 cm³/mol. The van der Waals surface area contributed by atoms with Gasteiger partial charge in [-0.2, -0.15) is 0 Å². The Balaban J connectivity index is 2.39. The van der Waals surface area contributed by atoms with Gasteiger partial charge in [-0.05, 0) is 42.9 Å². The maximum atomic E-state index is 9.51. The van der Waals surface area contributed by atoms with Crippen LogP contribution >= 0.6 is 0 Å². The summed E-state index contributed by atoms with van der Waals surface area (Å²) in [6, 6.07) is 0. The van der Waals surface area contributed by atoms with Crippen molar-refractivity contribution in [2.45, 2.75) is 53.1 Å². The molecule has 0 aliphatic heterocycles. The van der Waals surface area contributed by atoms with Gasteiger partial charge in [0.15, 0.2) is 0 Å². The fourth-order valence-corrected chi connectivity index (χ4v) is 3.76. The van der Waals surface area contributed by atoms with Crippen molar-refractivity contribution in [3.05, 3.63) is 11.6 Å². The minimum Gasteiger partial charge on any atom is -0.389 e. The molecular weight excluding hydrogens is 172 g/mol. The van der Waals surface area contributed by atoms with Crippen LogP contribution in [0.1, 0.15) is 47.0 Å². The summed E-state index contributed by atoms with van der Waals surface area (Å²) < 4.78 is 0. The minimum atomic E-state index is -0.291. The maximum absolute atomic E-state index is 9.51. The second-order valence-electron chi connectivity index (χ2n) is 6.04. The van der Waals surface area contributed by atoms with Crippen LogP contribution < -0.4 is 0 Å². The summed E-state index contributed by atoms with van der Waals surface area (Å²) in [7, 11) is 0. The van der Waals surface area contributed by atoms with Gasteiger partial charge in [-0.15, -0.1) is 0 Å². The molecule has 0 saturated heterocycles. The molecule has 0 aromatic carbocycles. The second kappa shape index (κ2) is 2.85. The topological polar surface area (TPSA) is 20.2 Å². The molecular formula is C13H22O. The third-order valence-corrected chi connectivity index (χ3v) is 4.51. The van der Waals surface area contributed by atoms with Gasteiger partial charge in [0, 0.05) is 0 Å². The van der Waals surface area contributed by atoms with Gasteiger partial charge >= 0.3 is 0 Å². The van der Waals surface area contributed by atoms with E-state index in [1.54, 1.807) is 0 Å². The van der Waals surface area contributed by atoms with Crippen molar-refractivity contribution in [1.29, 1.82) is 0 Å². The molecule has 0 spiro atoms. The lowest BCUT2D eigenvalue weighted by Gasteiger charge is -2.37. The van der Waals surface area contributed by atoms with Crippen molar-refractivity contribution in [2.24, 2.45) is 16.7 Å². The van der Waals surface area contributed by atoms with Gasteiger partial charge in [0.2, 0.25) is 0 Å². The fourth-order valence-electron chi connectivity index (χ4n) is 3.76. The van der Waals surface area contributed by atoms with Crippen LogP contribution in [0.4, 0.5) is 0 Å². The highest BCUT2D eigenvalue weighted by atomic mass is 16.3. The van der Waals surface area contributed by atoms with Crippen LogP contribution in [0.25, 0.3) is 0 Å². The lowest BCUT2D eigenvalue weighted by atomic mass is 9.68. The third-order valence-electron chi connectivity index (χ3n) is 4.51. The van der Waals surface area contributed by atoms with Crippen molar-refractivity contribution in [3.8, 4) is 0 Å². The average molecular weight is 194 g/mol. The number of hydrogen-bond acceptors (Lipinski definition) is 1. The molecule has 1 nitrogen and oxygen atoms in total. The molecule has 2 aliphatic carbocycles. The van der Waals surface area contributed by atoms with Crippen molar-refractivity contribution in [1.82, 2.24) is 0 Å². The molecule has 2 fully saturated rings. The summed E-state index contributed by atoms with van der Waals surface area (Å²) in [6.07, 6.45) is 5.83. The van der Waals surface area contributed by atoms with Crippen LogP contribution in [0.5, 0.6) is 0 Å². The molecule has 80 valence electrons. The van der Waals surface area contributed by atoms with Crippen molar-refractivity contribution in [2.75, 3.05) is 0 Å². The van der Waals surface area contributed by atoms with E-state index in [0.29, 0.717) is 10.8 Å². The summed E-state index contributed by atoms with van der Waals surface area (Å²) in [5, 5.41) is 9.51. The minimum absolute atomic E-state index is 0.291. The number of aliphatic hydroxyl groups excluding tert-OH is 1. The van der Waals surface area contributed by atoms with E-state index in [9.17, 15) is 5.11 Å². The lowest BCUT2D eigenvalue weighted by molar-refractivity contribution is 0.227. The van der Waals surface area contributed by atoms with E-state index in [-0.39, 0.29) is 6.10 Å². The van der Waals surface area contributed by atoms with E-state index < -0.39 is 0 Å². The molecule has 1 heteroatoms. The maximum Gasteiger partial charge on any atom is 0.0695 e. The van der Waals surface area contributed by atoms with Gasteiger partial charge in [0.05, 0.1) is 6.10 Å². The molecule has 2 saturated carbocycles. The molecule has 1 N–H and O–H groups in total. The summed E-state index contributed by atoms with van der Waals surface area (Å²) in [6.45, 7) is 8.92. The zero-order valence-electron chi connectivity index (χ0n) is 9.80. The smallest absolute Gasteiger partial charge is 0.0695 e. The highest BCUT2D eigenvalue weighted by molar-refractivity contribution is 5.31. The monoisotopic (exact) mass is 194 g/mol. The molecule has 3 atom stereocenters. The Morgan fingerprint density at radius 2 is 2.07 bits per heavy atom. The van der Waals surface area contributed by atoms with E-state index in [1.165, 1.54) is 24.8 Å². The van der Waals surface area contributed by atoms with Gasteiger partial charge in [-0.1, -0.05) is 32.4 Å². The van der Waals surface area contributed by atoms with Crippen LogP contribution in [0.3, 0.4) is 0 Å². The Kier molecular flexibility index (Phi) is 2.08. The van der Waals surface area contributed by atoms with Crippen LogP contribution in [0.15, 0.2) is 11.6 Å². The highest BCUT2D eigenvalue weighted by Gasteiger charge is 2.55. The SMILES string of the molecule is CC(O)/C=C1\C2(C)CCC(C2)C1(C)C. The normalized spacial score (nSPS) is 44.6. The van der Waals surface area contributed by atoms with E-state index >= 15 is 0 Å². The number of aliphatic hydroxyl groups is 1.